The van der Waals surface area contributed by atoms with Crippen molar-refractivity contribution in [3.05, 3.63) is 28.7 Å². The lowest BCUT2D eigenvalue weighted by atomic mass is 10.00. The standard InChI is InChI=1S/C16H23BrN4O/c1-12-7-10-21(11-8-12)16(18)19-9-6-15(22)20-14-4-2-13(17)3-5-14/h2-5,12H,6-11H2,1H3,(H2,18,19)(H,20,22). The van der Waals surface area contributed by atoms with Gasteiger partial charge in [0.15, 0.2) is 5.96 Å². The minimum atomic E-state index is -0.0499. The fourth-order valence-electron chi connectivity index (χ4n) is 2.37. The van der Waals surface area contributed by atoms with Gasteiger partial charge in [0.2, 0.25) is 5.91 Å². The summed E-state index contributed by atoms with van der Waals surface area (Å²) in [6, 6.07) is 7.50. The maximum atomic E-state index is 11.9. The summed E-state index contributed by atoms with van der Waals surface area (Å²) in [6.45, 7) is 4.60. The second-order valence-electron chi connectivity index (χ2n) is 5.71. The highest BCUT2D eigenvalue weighted by atomic mass is 79.9. The maximum absolute atomic E-state index is 11.9. The number of rotatable bonds is 4. The van der Waals surface area contributed by atoms with Crippen molar-refractivity contribution in [3.8, 4) is 0 Å². The second-order valence-corrected chi connectivity index (χ2v) is 6.63. The van der Waals surface area contributed by atoms with Gasteiger partial charge in [-0.2, -0.15) is 0 Å². The van der Waals surface area contributed by atoms with Gasteiger partial charge in [0.05, 0.1) is 6.54 Å². The first kappa shape index (κ1) is 16.8. The topological polar surface area (TPSA) is 70.7 Å². The van der Waals surface area contributed by atoms with E-state index in [4.69, 9.17) is 5.73 Å². The van der Waals surface area contributed by atoms with Gasteiger partial charge in [-0.25, -0.2) is 0 Å². The van der Waals surface area contributed by atoms with E-state index in [2.05, 4.69) is 38.1 Å². The monoisotopic (exact) mass is 366 g/mol. The quantitative estimate of drug-likeness (QED) is 0.635. The number of aliphatic imine (C=N–C) groups is 1. The molecule has 0 atom stereocenters. The van der Waals surface area contributed by atoms with Crippen LogP contribution in [0, 0.1) is 5.92 Å². The molecule has 1 heterocycles. The Kier molecular flexibility index (Phi) is 6.24. The normalized spacial score (nSPS) is 16.6. The molecular weight excluding hydrogens is 344 g/mol. The van der Waals surface area contributed by atoms with Gasteiger partial charge in [-0.05, 0) is 43.0 Å². The van der Waals surface area contributed by atoms with Crippen LogP contribution in [-0.4, -0.2) is 36.4 Å². The van der Waals surface area contributed by atoms with Gasteiger partial charge in [0, 0.05) is 29.7 Å². The fraction of sp³-hybridized carbons (Fsp3) is 0.500. The number of carbonyl (C=O) groups excluding carboxylic acids is 1. The Morgan fingerprint density at radius 2 is 2.00 bits per heavy atom. The Morgan fingerprint density at radius 3 is 2.64 bits per heavy atom. The number of nitrogens with two attached hydrogens (primary N) is 1. The number of nitrogens with zero attached hydrogens (tertiary/aromatic N) is 2. The van der Waals surface area contributed by atoms with Gasteiger partial charge in [-0.1, -0.05) is 22.9 Å². The lowest BCUT2D eigenvalue weighted by molar-refractivity contribution is -0.116. The number of benzene rings is 1. The van der Waals surface area contributed by atoms with Crippen molar-refractivity contribution in [1.29, 1.82) is 0 Å². The molecule has 1 aliphatic heterocycles. The van der Waals surface area contributed by atoms with Crippen LogP contribution in [0.1, 0.15) is 26.2 Å². The van der Waals surface area contributed by atoms with Gasteiger partial charge in [0.25, 0.3) is 0 Å². The van der Waals surface area contributed by atoms with Crippen LogP contribution in [-0.2, 0) is 4.79 Å². The first-order valence-electron chi connectivity index (χ1n) is 7.65. The third-order valence-electron chi connectivity index (χ3n) is 3.85. The largest absolute Gasteiger partial charge is 0.370 e. The van der Waals surface area contributed by atoms with Crippen LogP contribution in [0.2, 0.25) is 0 Å². The predicted octanol–water partition coefficient (Wildman–Crippen LogP) is 2.82. The van der Waals surface area contributed by atoms with E-state index in [0.717, 1.165) is 42.0 Å². The number of likely N-dealkylation sites (tertiary alicyclic amines) is 1. The highest BCUT2D eigenvalue weighted by molar-refractivity contribution is 9.10. The van der Waals surface area contributed by atoms with Crippen LogP contribution in [0.15, 0.2) is 33.7 Å². The van der Waals surface area contributed by atoms with E-state index >= 15 is 0 Å². The number of carbonyl (C=O) groups is 1. The van der Waals surface area contributed by atoms with Gasteiger partial charge in [0.1, 0.15) is 0 Å². The second kappa shape index (κ2) is 8.17. The summed E-state index contributed by atoms with van der Waals surface area (Å²) < 4.78 is 0.985. The van der Waals surface area contributed by atoms with Crippen LogP contribution in [0.3, 0.4) is 0 Å². The van der Waals surface area contributed by atoms with Crippen molar-refractivity contribution in [2.24, 2.45) is 16.6 Å². The summed E-state index contributed by atoms with van der Waals surface area (Å²) in [7, 11) is 0. The van der Waals surface area contributed by atoms with Crippen molar-refractivity contribution in [1.82, 2.24) is 4.90 Å². The number of hydrogen-bond donors (Lipinski definition) is 2. The summed E-state index contributed by atoms with van der Waals surface area (Å²) in [6.07, 6.45) is 2.64. The smallest absolute Gasteiger partial charge is 0.226 e. The van der Waals surface area contributed by atoms with Crippen LogP contribution >= 0.6 is 15.9 Å². The van der Waals surface area contributed by atoms with E-state index in [1.807, 2.05) is 24.3 Å². The van der Waals surface area contributed by atoms with Crippen LogP contribution in [0.4, 0.5) is 5.69 Å². The summed E-state index contributed by atoms with van der Waals surface area (Å²) in [5, 5.41) is 2.84. The zero-order chi connectivity index (χ0) is 15.9. The van der Waals surface area contributed by atoms with Gasteiger partial charge >= 0.3 is 0 Å². The van der Waals surface area contributed by atoms with E-state index in [1.54, 1.807) is 0 Å². The predicted molar refractivity (Wildman–Crippen MR) is 93.8 cm³/mol. The number of piperidine rings is 1. The Labute approximate surface area is 140 Å². The molecule has 0 bridgehead atoms. The molecule has 120 valence electrons. The zero-order valence-corrected chi connectivity index (χ0v) is 14.5. The van der Waals surface area contributed by atoms with Crippen LogP contribution in [0.25, 0.3) is 0 Å². The van der Waals surface area contributed by atoms with Crippen LogP contribution in [0.5, 0.6) is 0 Å². The van der Waals surface area contributed by atoms with Crippen molar-refractivity contribution >= 4 is 33.5 Å². The third-order valence-corrected chi connectivity index (χ3v) is 4.38. The molecule has 1 aromatic carbocycles. The molecule has 0 unspecified atom stereocenters. The summed E-state index contributed by atoms with van der Waals surface area (Å²) >= 11 is 3.36. The molecule has 3 N–H and O–H groups in total. The van der Waals surface area contributed by atoms with Crippen molar-refractivity contribution in [3.63, 3.8) is 0 Å². The Morgan fingerprint density at radius 1 is 1.36 bits per heavy atom. The number of anilines is 1. The van der Waals surface area contributed by atoms with Crippen molar-refractivity contribution in [2.75, 3.05) is 25.0 Å². The average molecular weight is 367 g/mol. The molecule has 2 rings (SSSR count). The van der Waals surface area contributed by atoms with E-state index in [1.165, 1.54) is 0 Å². The first-order chi connectivity index (χ1) is 10.5. The van der Waals surface area contributed by atoms with Crippen molar-refractivity contribution < 1.29 is 4.79 Å². The molecule has 0 aliphatic carbocycles. The SMILES string of the molecule is CC1CCN(C(N)=NCCC(=O)Nc2ccc(Br)cc2)CC1. The van der Waals surface area contributed by atoms with E-state index < -0.39 is 0 Å². The molecule has 0 spiro atoms. The van der Waals surface area contributed by atoms with E-state index in [0.29, 0.717) is 18.9 Å². The molecular formula is C16H23BrN4O. The molecule has 0 radical (unpaired) electrons. The number of hydrogen-bond acceptors (Lipinski definition) is 2. The molecule has 1 amide bonds. The Bertz CT molecular complexity index is 521. The lowest BCUT2D eigenvalue weighted by Crippen LogP contribution is -2.42. The van der Waals surface area contributed by atoms with Gasteiger partial charge in [-0.3, -0.25) is 9.79 Å². The molecule has 0 saturated carbocycles. The lowest BCUT2D eigenvalue weighted by Gasteiger charge is -2.31. The highest BCUT2D eigenvalue weighted by Gasteiger charge is 2.16. The average Bonchev–Trinajstić information content (AvgIpc) is 2.50. The summed E-state index contributed by atoms with van der Waals surface area (Å²) in [4.78, 5) is 18.3. The minimum Gasteiger partial charge on any atom is -0.370 e. The number of amides is 1. The summed E-state index contributed by atoms with van der Waals surface area (Å²) in [5.74, 6) is 1.27. The Hall–Kier alpha value is -1.56. The molecule has 1 saturated heterocycles. The number of nitrogens with one attached hydrogen (secondary N) is 1. The molecule has 0 aromatic heterocycles. The molecule has 1 aromatic rings. The van der Waals surface area contributed by atoms with Crippen molar-refractivity contribution in [2.45, 2.75) is 26.2 Å². The molecule has 5 nitrogen and oxygen atoms in total. The highest BCUT2D eigenvalue weighted by Crippen LogP contribution is 2.16. The van der Waals surface area contributed by atoms with Gasteiger partial charge in [-0.15, -0.1) is 0 Å². The first-order valence-corrected chi connectivity index (χ1v) is 8.44. The molecule has 6 heteroatoms. The van der Waals surface area contributed by atoms with E-state index in [-0.39, 0.29) is 5.91 Å². The molecule has 1 fully saturated rings. The minimum absolute atomic E-state index is 0.0499. The van der Waals surface area contributed by atoms with Crippen LogP contribution < -0.4 is 11.1 Å². The number of guanidine groups is 1. The zero-order valence-electron chi connectivity index (χ0n) is 12.9. The number of halogens is 1. The summed E-state index contributed by atoms with van der Waals surface area (Å²) in [5.41, 5.74) is 6.78. The Balaban J connectivity index is 1.73. The van der Waals surface area contributed by atoms with E-state index in [9.17, 15) is 4.79 Å². The molecule has 1 aliphatic rings. The fourth-order valence-corrected chi connectivity index (χ4v) is 2.63. The molecule has 22 heavy (non-hydrogen) atoms. The maximum Gasteiger partial charge on any atom is 0.226 e. The van der Waals surface area contributed by atoms with Gasteiger partial charge < -0.3 is 16.0 Å². The third kappa shape index (κ3) is 5.33.